The number of hydrogen-bond donors (Lipinski definition) is 3. The molecule has 5 heteroatoms. The van der Waals surface area contributed by atoms with Gasteiger partial charge in [0.15, 0.2) is 5.54 Å². The van der Waals surface area contributed by atoms with Crippen molar-refractivity contribution >= 4 is 12.6 Å². The second-order valence-electron chi connectivity index (χ2n) is 4.49. The van der Waals surface area contributed by atoms with Crippen molar-refractivity contribution in [3.05, 3.63) is 65.7 Å². The highest BCUT2D eigenvalue weighted by molar-refractivity contribution is 5.92. The summed E-state index contributed by atoms with van der Waals surface area (Å²) >= 11 is 0. The highest BCUT2D eigenvalue weighted by Gasteiger charge is 2.40. The Bertz CT molecular complexity index is 626. The first-order chi connectivity index (χ1) is 10.1. The second-order valence-corrected chi connectivity index (χ2v) is 4.49. The van der Waals surface area contributed by atoms with Gasteiger partial charge in [-0.05, 0) is 30.0 Å². The van der Waals surface area contributed by atoms with Crippen molar-refractivity contribution in [3.8, 4) is 5.75 Å². The van der Waals surface area contributed by atoms with E-state index in [1.807, 2.05) is 18.2 Å². The van der Waals surface area contributed by atoms with Crippen molar-refractivity contribution < 1.29 is 9.90 Å². The summed E-state index contributed by atoms with van der Waals surface area (Å²) in [5, 5.41) is 12.0. The zero-order valence-electron chi connectivity index (χ0n) is 11.5. The summed E-state index contributed by atoms with van der Waals surface area (Å²) in [6, 6.07) is 15.4. The number of aromatic hydroxyl groups is 1. The fourth-order valence-corrected chi connectivity index (χ4v) is 2.29. The van der Waals surface area contributed by atoms with Gasteiger partial charge in [0.05, 0.1) is 6.67 Å². The van der Waals surface area contributed by atoms with E-state index in [4.69, 9.17) is 5.73 Å². The fraction of sp³-hybridized carbons (Fsp3) is 0.125. The number of aliphatic imine (C=N–C) groups is 1. The number of hydrogen-bond acceptors (Lipinski definition) is 4. The van der Waals surface area contributed by atoms with Crippen LogP contribution in [0.4, 0.5) is 0 Å². The highest BCUT2D eigenvalue weighted by Crippen LogP contribution is 2.34. The minimum atomic E-state index is -1.30. The van der Waals surface area contributed by atoms with Crippen LogP contribution in [0.25, 0.3) is 0 Å². The van der Waals surface area contributed by atoms with E-state index in [0.29, 0.717) is 11.1 Å². The summed E-state index contributed by atoms with van der Waals surface area (Å²) < 4.78 is 0. The summed E-state index contributed by atoms with van der Waals surface area (Å²) in [6.45, 7) is 3.60. The van der Waals surface area contributed by atoms with Crippen molar-refractivity contribution in [2.24, 2.45) is 10.7 Å². The molecule has 5 nitrogen and oxygen atoms in total. The van der Waals surface area contributed by atoms with Gasteiger partial charge < -0.3 is 16.2 Å². The molecule has 0 saturated carbocycles. The number of phenols is 1. The van der Waals surface area contributed by atoms with Crippen molar-refractivity contribution in [2.45, 2.75) is 5.54 Å². The van der Waals surface area contributed by atoms with Gasteiger partial charge in [0.1, 0.15) is 5.75 Å². The normalized spacial score (nSPS) is 13.2. The van der Waals surface area contributed by atoms with Crippen molar-refractivity contribution in [3.63, 3.8) is 0 Å². The van der Waals surface area contributed by atoms with Crippen LogP contribution in [-0.4, -0.2) is 24.4 Å². The first kappa shape index (κ1) is 14.7. The van der Waals surface area contributed by atoms with Crippen LogP contribution in [0.15, 0.2) is 59.6 Å². The van der Waals surface area contributed by atoms with Crippen LogP contribution in [0.1, 0.15) is 11.1 Å². The smallest absolute Gasteiger partial charge is 0.258 e. The minimum absolute atomic E-state index is 0.00101. The molecule has 0 aromatic heterocycles. The molecule has 0 bridgehead atoms. The van der Waals surface area contributed by atoms with Gasteiger partial charge in [0.25, 0.3) is 5.91 Å². The van der Waals surface area contributed by atoms with Crippen LogP contribution in [0.5, 0.6) is 5.75 Å². The molecule has 0 radical (unpaired) electrons. The van der Waals surface area contributed by atoms with Crippen molar-refractivity contribution in [2.75, 3.05) is 6.67 Å². The number of carbonyl (C=O) groups excluding carboxylic acids is 1. The number of nitrogens with zero attached hydrogens (tertiary/aromatic N) is 1. The third-order valence-corrected chi connectivity index (χ3v) is 3.31. The fourth-order valence-electron chi connectivity index (χ4n) is 2.29. The quantitative estimate of drug-likeness (QED) is 0.572. The molecule has 1 unspecified atom stereocenters. The third kappa shape index (κ3) is 2.64. The number of rotatable bonds is 5. The Morgan fingerprint density at radius 1 is 1.14 bits per heavy atom. The molecule has 4 N–H and O–H groups in total. The summed E-state index contributed by atoms with van der Waals surface area (Å²) in [6.07, 6.45) is 0. The SMILES string of the molecule is C=NC(C(=O)NCN)(c1ccccc1)c1ccc(O)cc1. The third-order valence-electron chi connectivity index (χ3n) is 3.31. The molecule has 2 aromatic rings. The molecule has 0 saturated heterocycles. The minimum Gasteiger partial charge on any atom is -0.508 e. The van der Waals surface area contributed by atoms with Gasteiger partial charge in [-0.25, -0.2) is 0 Å². The van der Waals surface area contributed by atoms with Crippen LogP contribution < -0.4 is 11.1 Å². The molecule has 21 heavy (non-hydrogen) atoms. The molecule has 2 rings (SSSR count). The van der Waals surface area contributed by atoms with E-state index in [1.165, 1.54) is 12.1 Å². The lowest BCUT2D eigenvalue weighted by Gasteiger charge is -2.29. The van der Waals surface area contributed by atoms with Gasteiger partial charge in [0, 0.05) is 0 Å². The van der Waals surface area contributed by atoms with Gasteiger partial charge in [0.2, 0.25) is 0 Å². The maximum atomic E-state index is 12.6. The summed E-state index contributed by atoms with van der Waals surface area (Å²) in [4.78, 5) is 16.7. The van der Waals surface area contributed by atoms with Gasteiger partial charge in [-0.1, -0.05) is 42.5 Å². The van der Waals surface area contributed by atoms with Gasteiger partial charge in [-0.15, -0.1) is 0 Å². The Morgan fingerprint density at radius 3 is 2.24 bits per heavy atom. The highest BCUT2D eigenvalue weighted by atomic mass is 16.3. The Kier molecular flexibility index (Phi) is 4.35. The predicted molar refractivity (Wildman–Crippen MR) is 82.1 cm³/mol. The Morgan fingerprint density at radius 2 is 1.71 bits per heavy atom. The molecule has 0 aliphatic heterocycles. The lowest BCUT2D eigenvalue weighted by Crippen LogP contribution is -2.45. The number of nitrogens with two attached hydrogens (primary N) is 1. The van der Waals surface area contributed by atoms with E-state index < -0.39 is 5.54 Å². The molecule has 0 spiro atoms. The average molecular weight is 283 g/mol. The topological polar surface area (TPSA) is 87.7 Å². The molecular weight excluding hydrogens is 266 g/mol. The number of nitrogens with one attached hydrogen (secondary N) is 1. The maximum absolute atomic E-state index is 12.6. The Balaban J connectivity index is 2.65. The number of benzene rings is 2. The van der Waals surface area contributed by atoms with Crippen molar-refractivity contribution in [1.29, 1.82) is 0 Å². The molecule has 1 amide bonds. The monoisotopic (exact) mass is 283 g/mol. The summed E-state index contributed by atoms with van der Waals surface area (Å²) in [5.74, 6) is -0.249. The largest absolute Gasteiger partial charge is 0.508 e. The Labute approximate surface area is 123 Å². The van der Waals surface area contributed by atoms with E-state index in [-0.39, 0.29) is 18.3 Å². The standard InChI is InChI=1S/C16H17N3O2/c1-18-16(15(21)19-11-17,12-5-3-2-4-6-12)13-7-9-14(20)10-8-13/h2-10,20H,1,11,17H2,(H,19,21). The molecular formula is C16H17N3O2. The zero-order valence-corrected chi connectivity index (χ0v) is 11.5. The summed E-state index contributed by atoms with van der Waals surface area (Å²) in [5.41, 5.74) is 5.41. The van der Waals surface area contributed by atoms with E-state index in [9.17, 15) is 9.90 Å². The van der Waals surface area contributed by atoms with Crippen LogP contribution >= 0.6 is 0 Å². The zero-order chi connectivity index (χ0) is 15.3. The molecule has 0 aliphatic carbocycles. The molecule has 2 aromatic carbocycles. The second kappa shape index (κ2) is 6.19. The molecule has 0 heterocycles. The first-order valence-electron chi connectivity index (χ1n) is 6.46. The summed E-state index contributed by atoms with van der Waals surface area (Å²) in [7, 11) is 0. The molecule has 0 fully saturated rings. The van der Waals surface area contributed by atoms with E-state index in [2.05, 4.69) is 17.0 Å². The molecule has 108 valence electrons. The van der Waals surface area contributed by atoms with Gasteiger partial charge >= 0.3 is 0 Å². The van der Waals surface area contributed by atoms with Gasteiger partial charge in [-0.2, -0.15) is 0 Å². The van der Waals surface area contributed by atoms with E-state index >= 15 is 0 Å². The van der Waals surface area contributed by atoms with Crippen LogP contribution in [0, 0.1) is 0 Å². The van der Waals surface area contributed by atoms with Gasteiger partial charge in [-0.3, -0.25) is 9.79 Å². The van der Waals surface area contributed by atoms with Crippen LogP contribution in [0.2, 0.25) is 0 Å². The first-order valence-corrected chi connectivity index (χ1v) is 6.46. The lowest BCUT2D eigenvalue weighted by atomic mass is 9.82. The van der Waals surface area contributed by atoms with E-state index in [0.717, 1.165) is 0 Å². The number of amides is 1. The Hall–Kier alpha value is -2.66. The maximum Gasteiger partial charge on any atom is 0.258 e. The number of phenolic OH excluding ortho intramolecular Hbond substituents is 1. The number of carbonyl (C=O) groups is 1. The lowest BCUT2D eigenvalue weighted by molar-refractivity contribution is -0.125. The predicted octanol–water partition coefficient (Wildman–Crippen LogP) is 1.37. The van der Waals surface area contributed by atoms with E-state index in [1.54, 1.807) is 24.3 Å². The van der Waals surface area contributed by atoms with Crippen molar-refractivity contribution in [1.82, 2.24) is 5.32 Å². The molecule has 0 aliphatic rings. The molecule has 1 atom stereocenters. The van der Waals surface area contributed by atoms with Crippen LogP contribution in [0.3, 0.4) is 0 Å². The van der Waals surface area contributed by atoms with Crippen LogP contribution in [-0.2, 0) is 10.3 Å². The average Bonchev–Trinajstić information content (AvgIpc) is 2.52.